The first-order chi connectivity index (χ1) is 19.6. The minimum atomic E-state index is -0.907. The standard InChI is InChI=1S/C35H37ClN2O3/c1-34(2)22-35(3,24-17-19-25(36)20-18-24)28-15-9-10-16-29(28)38(34)33(41)30(21-23-11-5-4-6-12-23)37-31(39)26-13-7-8-14-27(26)32(37)40/h4-6,9-12,15-20,26-27,30H,7-8,13-14,21-22H2,1-3H3/t26-,27+,30-,35+/m1/s1. The van der Waals surface area contributed by atoms with Crippen LogP contribution in [-0.4, -0.2) is 34.2 Å². The van der Waals surface area contributed by atoms with Gasteiger partial charge in [0, 0.05) is 28.1 Å². The monoisotopic (exact) mass is 568 g/mol. The Morgan fingerprint density at radius 3 is 2.07 bits per heavy atom. The summed E-state index contributed by atoms with van der Waals surface area (Å²) in [5.74, 6) is -1.18. The summed E-state index contributed by atoms with van der Waals surface area (Å²) in [5, 5.41) is 0.682. The van der Waals surface area contributed by atoms with Crippen molar-refractivity contribution >= 4 is 35.0 Å². The van der Waals surface area contributed by atoms with E-state index in [-0.39, 0.29) is 35.0 Å². The van der Waals surface area contributed by atoms with E-state index in [2.05, 4.69) is 39.0 Å². The van der Waals surface area contributed by atoms with Gasteiger partial charge in [0.1, 0.15) is 6.04 Å². The van der Waals surface area contributed by atoms with Crippen LogP contribution in [0, 0.1) is 11.8 Å². The molecule has 0 radical (unpaired) electrons. The number of benzene rings is 3. The van der Waals surface area contributed by atoms with Crippen molar-refractivity contribution in [3.8, 4) is 0 Å². The van der Waals surface area contributed by atoms with Crippen LogP contribution >= 0.6 is 11.6 Å². The van der Waals surface area contributed by atoms with Crippen LogP contribution in [0.5, 0.6) is 0 Å². The quantitative estimate of drug-likeness (QED) is 0.313. The van der Waals surface area contributed by atoms with Gasteiger partial charge in [-0.05, 0) is 68.0 Å². The van der Waals surface area contributed by atoms with Gasteiger partial charge in [-0.25, -0.2) is 0 Å². The van der Waals surface area contributed by atoms with Crippen molar-refractivity contribution in [2.24, 2.45) is 11.8 Å². The fourth-order valence-corrected chi connectivity index (χ4v) is 7.89. The molecule has 6 rings (SSSR count). The van der Waals surface area contributed by atoms with Crippen LogP contribution < -0.4 is 4.90 Å². The summed E-state index contributed by atoms with van der Waals surface area (Å²) in [6.07, 6.45) is 4.28. The Hall–Kier alpha value is -3.44. The van der Waals surface area contributed by atoms with E-state index in [4.69, 9.17) is 11.6 Å². The van der Waals surface area contributed by atoms with E-state index in [1.165, 1.54) is 4.90 Å². The highest BCUT2D eigenvalue weighted by molar-refractivity contribution is 6.30. The van der Waals surface area contributed by atoms with Crippen LogP contribution in [-0.2, 0) is 26.2 Å². The van der Waals surface area contributed by atoms with E-state index in [0.717, 1.165) is 48.1 Å². The molecule has 3 aromatic carbocycles. The second kappa shape index (κ2) is 10.4. The minimum absolute atomic E-state index is 0.178. The maximum atomic E-state index is 14.9. The van der Waals surface area contributed by atoms with Crippen LogP contribution in [0.25, 0.3) is 0 Å². The van der Waals surface area contributed by atoms with Gasteiger partial charge in [-0.1, -0.05) is 92.0 Å². The highest BCUT2D eigenvalue weighted by Gasteiger charge is 2.55. The number of imide groups is 1. The summed E-state index contributed by atoms with van der Waals surface area (Å²) < 4.78 is 0. The Labute approximate surface area is 247 Å². The molecule has 2 aliphatic heterocycles. The summed E-state index contributed by atoms with van der Waals surface area (Å²) in [5.41, 5.74) is 2.94. The molecule has 1 saturated heterocycles. The van der Waals surface area contributed by atoms with Crippen molar-refractivity contribution < 1.29 is 14.4 Å². The van der Waals surface area contributed by atoms with Gasteiger partial charge in [0.05, 0.1) is 11.8 Å². The van der Waals surface area contributed by atoms with Gasteiger partial charge in [-0.15, -0.1) is 0 Å². The molecular formula is C35H37ClN2O3. The maximum Gasteiger partial charge on any atom is 0.251 e. The number of carbonyl (C=O) groups is 3. The van der Waals surface area contributed by atoms with Gasteiger partial charge in [-0.2, -0.15) is 0 Å². The minimum Gasteiger partial charge on any atom is -0.305 e. The molecule has 0 unspecified atom stereocenters. The second-order valence-corrected chi connectivity index (χ2v) is 13.2. The molecule has 2 fully saturated rings. The average Bonchev–Trinajstić information content (AvgIpc) is 3.21. The Morgan fingerprint density at radius 2 is 1.44 bits per heavy atom. The van der Waals surface area contributed by atoms with Crippen molar-refractivity contribution in [2.45, 2.75) is 76.3 Å². The third-order valence-corrected chi connectivity index (χ3v) is 9.83. The van der Waals surface area contributed by atoms with E-state index in [1.54, 1.807) is 0 Å². The van der Waals surface area contributed by atoms with Crippen LogP contribution in [0.3, 0.4) is 0 Å². The molecule has 4 atom stereocenters. The molecular weight excluding hydrogens is 532 g/mol. The Bertz CT molecular complexity index is 1460. The number of nitrogens with zero attached hydrogens (tertiary/aromatic N) is 2. The molecule has 0 bridgehead atoms. The van der Waals surface area contributed by atoms with Crippen LogP contribution in [0.1, 0.15) is 69.6 Å². The molecule has 0 N–H and O–H groups in total. The molecule has 6 heteroatoms. The third kappa shape index (κ3) is 4.68. The Balaban J connectivity index is 1.45. The highest BCUT2D eigenvalue weighted by Crippen LogP contribution is 2.51. The zero-order valence-corrected chi connectivity index (χ0v) is 24.7. The largest absolute Gasteiger partial charge is 0.305 e. The number of likely N-dealkylation sites (tertiary alicyclic amines) is 1. The van der Waals surface area contributed by atoms with E-state index >= 15 is 0 Å². The summed E-state index contributed by atoms with van der Waals surface area (Å²) in [6.45, 7) is 6.39. The molecule has 3 aliphatic rings. The highest BCUT2D eigenvalue weighted by atomic mass is 35.5. The fraction of sp³-hybridized carbons (Fsp3) is 0.400. The number of para-hydroxylation sites is 1. The maximum absolute atomic E-state index is 14.9. The fourth-order valence-electron chi connectivity index (χ4n) is 7.76. The second-order valence-electron chi connectivity index (χ2n) is 12.8. The molecule has 41 heavy (non-hydrogen) atoms. The smallest absolute Gasteiger partial charge is 0.251 e. The van der Waals surface area contributed by atoms with E-state index < -0.39 is 11.6 Å². The molecule has 0 spiro atoms. The van der Waals surface area contributed by atoms with Gasteiger partial charge in [0.15, 0.2) is 0 Å². The van der Waals surface area contributed by atoms with Crippen molar-refractivity contribution in [3.63, 3.8) is 0 Å². The van der Waals surface area contributed by atoms with Crippen molar-refractivity contribution in [1.82, 2.24) is 4.90 Å². The summed E-state index contributed by atoms with van der Waals surface area (Å²) in [7, 11) is 0. The Kier molecular flexibility index (Phi) is 7.05. The number of rotatable bonds is 5. The summed E-state index contributed by atoms with van der Waals surface area (Å²) in [4.78, 5) is 45.8. The zero-order chi connectivity index (χ0) is 28.9. The number of fused-ring (bicyclic) bond motifs is 2. The van der Waals surface area contributed by atoms with Crippen molar-refractivity contribution in [3.05, 3.63) is 101 Å². The first-order valence-corrected chi connectivity index (χ1v) is 15.1. The first-order valence-electron chi connectivity index (χ1n) is 14.7. The lowest BCUT2D eigenvalue weighted by Crippen LogP contribution is -2.61. The molecule has 0 aromatic heterocycles. The van der Waals surface area contributed by atoms with Gasteiger partial charge >= 0.3 is 0 Å². The normalized spacial score (nSPS) is 26.0. The van der Waals surface area contributed by atoms with Crippen molar-refractivity contribution in [2.75, 3.05) is 4.90 Å². The first kappa shape index (κ1) is 27.7. The van der Waals surface area contributed by atoms with Crippen molar-refractivity contribution in [1.29, 1.82) is 0 Å². The number of hydrogen-bond acceptors (Lipinski definition) is 3. The van der Waals surface area contributed by atoms with Gasteiger partial charge in [0.2, 0.25) is 11.8 Å². The number of anilines is 1. The predicted octanol–water partition coefficient (Wildman–Crippen LogP) is 6.95. The number of halogens is 1. The third-order valence-electron chi connectivity index (χ3n) is 9.58. The lowest BCUT2D eigenvalue weighted by Gasteiger charge is -2.52. The molecule has 212 valence electrons. The topological polar surface area (TPSA) is 57.7 Å². The Morgan fingerprint density at radius 1 is 0.854 bits per heavy atom. The molecule has 2 heterocycles. The number of amides is 3. The molecule has 3 aromatic rings. The van der Waals surface area contributed by atoms with E-state index in [9.17, 15) is 14.4 Å². The number of hydrogen-bond donors (Lipinski definition) is 0. The van der Waals surface area contributed by atoms with Gasteiger partial charge in [0.25, 0.3) is 5.91 Å². The molecule has 1 aliphatic carbocycles. The van der Waals surface area contributed by atoms with E-state index in [0.29, 0.717) is 17.9 Å². The van der Waals surface area contributed by atoms with Gasteiger partial charge < -0.3 is 4.90 Å². The zero-order valence-electron chi connectivity index (χ0n) is 24.0. The summed E-state index contributed by atoms with van der Waals surface area (Å²) >= 11 is 6.24. The van der Waals surface area contributed by atoms with E-state index in [1.807, 2.05) is 65.6 Å². The molecule has 5 nitrogen and oxygen atoms in total. The van der Waals surface area contributed by atoms with Crippen LogP contribution in [0.4, 0.5) is 5.69 Å². The lowest BCUT2D eigenvalue weighted by molar-refractivity contribution is -0.147. The predicted molar refractivity (Wildman–Crippen MR) is 162 cm³/mol. The van der Waals surface area contributed by atoms with Crippen LogP contribution in [0.15, 0.2) is 78.9 Å². The molecule has 3 amide bonds. The molecule has 1 saturated carbocycles. The number of carbonyl (C=O) groups excluding carboxylic acids is 3. The van der Waals surface area contributed by atoms with Gasteiger partial charge in [-0.3, -0.25) is 19.3 Å². The summed E-state index contributed by atoms with van der Waals surface area (Å²) in [6, 6.07) is 24.8. The average molecular weight is 569 g/mol. The SMILES string of the molecule is CC1(C)C[C@@](C)(c2ccc(Cl)cc2)c2ccccc2N1C(=O)[C@@H](Cc1ccccc1)N1C(=O)[C@H]2CCCC[C@H]2C1=O. The van der Waals surface area contributed by atoms with Crippen LogP contribution in [0.2, 0.25) is 5.02 Å². The lowest BCUT2D eigenvalue weighted by atomic mass is 9.65.